The average Bonchev–Trinajstić information content (AvgIpc) is 3.53. The molecular weight excluding hydrogens is 411 g/mol. The van der Waals surface area contributed by atoms with Gasteiger partial charge in [-0.05, 0) is 42.7 Å². The third-order valence-corrected chi connectivity index (χ3v) is 5.03. The van der Waals surface area contributed by atoms with Crippen LogP contribution in [0.4, 0.5) is 24.5 Å². The Morgan fingerprint density at radius 3 is 2.35 bits per heavy atom. The molecule has 0 spiro atoms. The largest absolute Gasteiger partial charge is 0.418 e. The summed E-state index contributed by atoms with van der Waals surface area (Å²) in [7, 11) is 1.44. The molecule has 1 fully saturated rings. The first-order valence-electron chi connectivity index (χ1n) is 9.80. The molecule has 0 atom stereocenters. The molecule has 1 saturated carbocycles. The molecule has 0 aromatic heterocycles. The van der Waals surface area contributed by atoms with Crippen LogP contribution in [0, 0.1) is 0 Å². The van der Waals surface area contributed by atoms with Crippen LogP contribution in [0.5, 0.6) is 0 Å². The van der Waals surface area contributed by atoms with Gasteiger partial charge in [0.05, 0.1) is 23.3 Å². The van der Waals surface area contributed by atoms with Crippen LogP contribution in [-0.4, -0.2) is 37.5 Å². The predicted molar refractivity (Wildman–Crippen MR) is 110 cm³/mol. The number of anilines is 2. The zero-order valence-electron chi connectivity index (χ0n) is 17.0. The third kappa shape index (κ3) is 6.05. The first kappa shape index (κ1) is 22.8. The molecule has 0 aliphatic heterocycles. The Morgan fingerprint density at radius 2 is 1.74 bits per heavy atom. The molecule has 1 aliphatic rings. The lowest BCUT2D eigenvalue weighted by atomic mass is 10.1. The Hall–Kier alpha value is -2.91. The zero-order valence-corrected chi connectivity index (χ0v) is 17.0. The van der Waals surface area contributed by atoms with Gasteiger partial charge in [-0.15, -0.1) is 0 Å². The summed E-state index contributed by atoms with van der Waals surface area (Å²) in [5, 5.41) is 8.63. The lowest BCUT2D eigenvalue weighted by molar-refractivity contribution is -0.137. The van der Waals surface area contributed by atoms with Crippen molar-refractivity contribution in [3.63, 3.8) is 0 Å². The molecule has 2 aromatic rings. The van der Waals surface area contributed by atoms with Crippen molar-refractivity contribution in [1.29, 1.82) is 0 Å². The number of hydrogen-bond acceptors (Lipinski definition) is 5. The summed E-state index contributed by atoms with van der Waals surface area (Å²) in [5.41, 5.74) is -0.178. The highest BCUT2D eigenvalue weighted by atomic mass is 19.4. The van der Waals surface area contributed by atoms with Gasteiger partial charge in [0.25, 0.3) is 0 Å². The first-order chi connectivity index (χ1) is 14.7. The maximum atomic E-state index is 13.1. The average molecular weight is 435 g/mol. The van der Waals surface area contributed by atoms with E-state index in [2.05, 4.69) is 16.0 Å². The van der Waals surface area contributed by atoms with E-state index in [1.165, 1.54) is 25.3 Å². The maximum Gasteiger partial charge on any atom is 0.418 e. The SMILES string of the molecule is COCC(=O)CNC1(C(=O)NCc2ccc(Nc3ccccc3C(F)(F)F)cc2)CC1. The Bertz CT molecular complexity index is 926. The second-order valence-electron chi connectivity index (χ2n) is 7.46. The van der Waals surface area contributed by atoms with Crippen LogP contribution in [-0.2, 0) is 27.0 Å². The van der Waals surface area contributed by atoms with Gasteiger partial charge in [0, 0.05) is 19.3 Å². The van der Waals surface area contributed by atoms with Crippen molar-refractivity contribution in [3.05, 3.63) is 59.7 Å². The highest BCUT2D eigenvalue weighted by molar-refractivity contribution is 5.90. The number of alkyl halides is 3. The van der Waals surface area contributed by atoms with Crippen molar-refractivity contribution in [2.24, 2.45) is 0 Å². The number of para-hydroxylation sites is 1. The molecule has 1 aliphatic carbocycles. The topological polar surface area (TPSA) is 79.5 Å². The summed E-state index contributed by atoms with van der Waals surface area (Å²) >= 11 is 0. The van der Waals surface area contributed by atoms with Gasteiger partial charge in [0.1, 0.15) is 6.61 Å². The minimum absolute atomic E-state index is 0.00146. The highest BCUT2D eigenvalue weighted by Crippen LogP contribution is 2.36. The van der Waals surface area contributed by atoms with E-state index in [0.29, 0.717) is 18.5 Å². The number of Topliss-reactive ketones (excluding diaryl/α,β-unsaturated/α-hetero) is 1. The molecule has 1 amide bonds. The second kappa shape index (κ2) is 9.49. The number of carbonyl (C=O) groups excluding carboxylic acids is 2. The molecule has 166 valence electrons. The Kier molecular flexibility index (Phi) is 6.97. The van der Waals surface area contributed by atoms with Crippen LogP contribution in [0.15, 0.2) is 48.5 Å². The van der Waals surface area contributed by atoms with Crippen LogP contribution < -0.4 is 16.0 Å². The van der Waals surface area contributed by atoms with Crippen LogP contribution in [0.25, 0.3) is 0 Å². The monoisotopic (exact) mass is 435 g/mol. The van der Waals surface area contributed by atoms with E-state index in [4.69, 9.17) is 4.74 Å². The number of ether oxygens (including phenoxy) is 1. The van der Waals surface area contributed by atoms with Crippen LogP contribution in [0.3, 0.4) is 0 Å². The Balaban J connectivity index is 1.54. The number of amides is 1. The van der Waals surface area contributed by atoms with Crippen molar-refractivity contribution in [2.45, 2.75) is 31.1 Å². The molecule has 0 heterocycles. The molecule has 0 unspecified atom stereocenters. The minimum Gasteiger partial charge on any atom is -0.377 e. The minimum atomic E-state index is -4.45. The van der Waals surface area contributed by atoms with Crippen LogP contribution in [0.2, 0.25) is 0 Å². The molecular formula is C22H24F3N3O3. The van der Waals surface area contributed by atoms with Gasteiger partial charge >= 0.3 is 6.18 Å². The van der Waals surface area contributed by atoms with Crippen molar-refractivity contribution in [3.8, 4) is 0 Å². The van der Waals surface area contributed by atoms with E-state index in [1.807, 2.05) is 0 Å². The van der Waals surface area contributed by atoms with Gasteiger partial charge < -0.3 is 15.4 Å². The van der Waals surface area contributed by atoms with E-state index in [-0.39, 0.29) is 37.1 Å². The fourth-order valence-corrected chi connectivity index (χ4v) is 3.14. The molecule has 6 nitrogen and oxygen atoms in total. The predicted octanol–water partition coefficient (Wildman–Crippen LogP) is 3.40. The first-order valence-corrected chi connectivity index (χ1v) is 9.80. The molecule has 3 rings (SSSR count). The van der Waals surface area contributed by atoms with Gasteiger partial charge in [-0.3, -0.25) is 14.9 Å². The number of carbonyl (C=O) groups is 2. The van der Waals surface area contributed by atoms with Crippen molar-refractivity contribution in [2.75, 3.05) is 25.6 Å². The second-order valence-corrected chi connectivity index (χ2v) is 7.46. The molecule has 2 aromatic carbocycles. The van der Waals surface area contributed by atoms with E-state index in [1.54, 1.807) is 24.3 Å². The molecule has 0 saturated heterocycles. The van der Waals surface area contributed by atoms with E-state index >= 15 is 0 Å². The lowest BCUT2D eigenvalue weighted by Gasteiger charge is -2.17. The number of halogens is 3. The fourth-order valence-electron chi connectivity index (χ4n) is 3.14. The van der Waals surface area contributed by atoms with Crippen molar-refractivity contribution in [1.82, 2.24) is 10.6 Å². The van der Waals surface area contributed by atoms with Gasteiger partial charge in [-0.25, -0.2) is 0 Å². The standard InChI is InChI=1S/C22H24F3N3O3/c1-31-14-17(29)13-27-21(10-11-21)20(30)26-12-15-6-8-16(9-7-15)28-19-5-3-2-4-18(19)22(23,24)25/h2-9,27-28H,10-14H2,1H3,(H,26,30). The number of methoxy groups -OCH3 is 1. The van der Waals surface area contributed by atoms with Crippen LogP contribution in [0.1, 0.15) is 24.0 Å². The Labute approximate surface area is 178 Å². The summed E-state index contributed by atoms with van der Waals surface area (Å²) in [6.07, 6.45) is -3.14. The lowest BCUT2D eigenvalue weighted by Crippen LogP contribution is -2.48. The zero-order chi connectivity index (χ0) is 22.5. The molecule has 3 N–H and O–H groups in total. The number of rotatable bonds is 10. The molecule has 0 bridgehead atoms. The summed E-state index contributed by atoms with van der Waals surface area (Å²) in [4.78, 5) is 24.0. The van der Waals surface area contributed by atoms with Crippen molar-refractivity contribution < 1.29 is 27.5 Å². The quantitative estimate of drug-likeness (QED) is 0.533. The van der Waals surface area contributed by atoms with E-state index in [0.717, 1.165) is 11.6 Å². The van der Waals surface area contributed by atoms with Gasteiger partial charge in [0.15, 0.2) is 5.78 Å². The number of hydrogen-bond donors (Lipinski definition) is 3. The smallest absolute Gasteiger partial charge is 0.377 e. The normalized spacial score (nSPS) is 14.7. The van der Waals surface area contributed by atoms with E-state index in [9.17, 15) is 22.8 Å². The molecule has 9 heteroatoms. The number of benzene rings is 2. The third-order valence-electron chi connectivity index (χ3n) is 5.03. The summed E-state index contributed by atoms with van der Waals surface area (Å²) in [6.45, 7) is 0.341. The number of nitrogens with one attached hydrogen (secondary N) is 3. The van der Waals surface area contributed by atoms with Crippen LogP contribution >= 0.6 is 0 Å². The maximum absolute atomic E-state index is 13.1. The number of ketones is 1. The van der Waals surface area contributed by atoms with Crippen molar-refractivity contribution >= 4 is 23.1 Å². The van der Waals surface area contributed by atoms with Gasteiger partial charge in [-0.1, -0.05) is 24.3 Å². The fraction of sp³-hybridized carbons (Fsp3) is 0.364. The summed E-state index contributed by atoms with van der Waals surface area (Å²) < 4.78 is 44.1. The molecule has 0 radical (unpaired) electrons. The summed E-state index contributed by atoms with van der Waals surface area (Å²) in [5.74, 6) is -0.309. The summed E-state index contributed by atoms with van der Waals surface area (Å²) in [6, 6.07) is 12.0. The molecule has 31 heavy (non-hydrogen) atoms. The van der Waals surface area contributed by atoms with Gasteiger partial charge in [0.2, 0.25) is 5.91 Å². The van der Waals surface area contributed by atoms with E-state index < -0.39 is 17.3 Å². The van der Waals surface area contributed by atoms with Gasteiger partial charge in [-0.2, -0.15) is 13.2 Å². The Morgan fingerprint density at radius 1 is 1.06 bits per heavy atom. The highest BCUT2D eigenvalue weighted by Gasteiger charge is 2.49.